The van der Waals surface area contributed by atoms with E-state index in [0.29, 0.717) is 17.2 Å². The summed E-state index contributed by atoms with van der Waals surface area (Å²) >= 11 is 0. The molecule has 4 nitrogen and oxygen atoms in total. The van der Waals surface area contributed by atoms with Gasteiger partial charge >= 0.3 is 0 Å². The van der Waals surface area contributed by atoms with Gasteiger partial charge in [0.1, 0.15) is 0 Å². The molecule has 108 valence electrons. The van der Waals surface area contributed by atoms with Crippen molar-refractivity contribution >= 4 is 15.7 Å². The number of anilines is 1. The van der Waals surface area contributed by atoms with Gasteiger partial charge in [-0.3, -0.25) is 0 Å². The number of para-hydroxylation sites is 1. The highest BCUT2D eigenvalue weighted by atomic mass is 32.2. The highest BCUT2D eigenvalue weighted by Crippen LogP contribution is 2.15. The molecule has 3 N–H and O–H groups in total. The van der Waals surface area contributed by atoms with Gasteiger partial charge in [-0.15, -0.1) is 0 Å². The monoisotopic (exact) mass is 284 g/mol. The molecule has 0 aliphatic rings. The first-order valence-corrected chi connectivity index (χ1v) is 8.32. The number of nitrogen functional groups attached to an aromatic ring is 1. The molecule has 0 saturated carbocycles. The highest BCUT2D eigenvalue weighted by molar-refractivity contribution is 7.88. The number of hydrogen-bond acceptors (Lipinski definition) is 3. The molecule has 0 aliphatic carbocycles. The van der Waals surface area contributed by atoms with Crippen molar-refractivity contribution < 1.29 is 8.42 Å². The Morgan fingerprint density at radius 1 is 1.26 bits per heavy atom. The zero-order valence-corrected chi connectivity index (χ0v) is 12.7. The summed E-state index contributed by atoms with van der Waals surface area (Å²) in [6.07, 6.45) is 1.90. The fourth-order valence-electron chi connectivity index (χ4n) is 2.04. The molecule has 0 saturated heterocycles. The van der Waals surface area contributed by atoms with Crippen LogP contribution in [0.1, 0.15) is 39.2 Å². The number of hydrogen-bond donors (Lipinski definition) is 2. The van der Waals surface area contributed by atoms with Crippen molar-refractivity contribution in [3.63, 3.8) is 0 Å². The van der Waals surface area contributed by atoms with Crippen LogP contribution in [0.25, 0.3) is 0 Å². The quantitative estimate of drug-likeness (QED) is 0.756. The van der Waals surface area contributed by atoms with E-state index in [4.69, 9.17) is 5.73 Å². The molecule has 0 heterocycles. The lowest BCUT2D eigenvalue weighted by molar-refractivity contribution is 0.445. The maximum atomic E-state index is 12.1. The predicted octanol–water partition coefficient (Wildman–Crippen LogP) is 2.51. The Bertz CT molecular complexity index is 500. The number of nitrogens with two attached hydrogens (primary N) is 1. The summed E-state index contributed by atoms with van der Waals surface area (Å²) < 4.78 is 26.8. The number of nitrogens with one attached hydrogen (secondary N) is 1. The molecular formula is C14H24N2O2S. The van der Waals surface area contributed by atoms with Crippen LogP contribution in [0, 0.1) is 5.92 Å². The van der Waals surface area contributed by atoms with Gasteiger partial charge in [-0.05, 0) is 30.9 Å². The minimum Gasteiger partial charge on any atom is -0.398 e. The van der Waals surface area contributed by atoms with Crippen molar-refractivity contribution in [3.8, 4) is 0 Å². The van der Waals surface area contributed by atoms with Crippen molar-refractivity contribution in [1.29, 1.82) is 0 Å². The summed E-state index contributed by atoms with van der Waals surface area (Å²) in [6.45, 7) is 6.13. The molecule has 0 fully saturated rings. The molecule has 0 radical (unpaired) electrons. The largest absolute Gasteiger partial charge is 0.398 e. The zero-order valence-electron chi connectivity index (χ0n) is 11.9. The second-order valence-electron chi connectivity index (χ2n) is 5.23. The number of rotatable bonds is 7. The van der Waals surface area contributed by atoms with Gasteiger partial charge < -0.3 is 5.73 Å². The molecule has 0 aliphatic heterocycles. The topological polar surface area (TPSA) is 72.2 Å². The van der Waals surface area contributed by atoms with E-state index in [1.54, 1.807) is 24.3 Å². The fourth-order valence-corrected chi connectivity index (χ4v) is 3.50. The molecule has 0 aromatic heterocycles. The van der Waals surface area contributed by atoms with E-state index >= 15 is 0 Å². The molecule has 1 aromatic rings. The van der Waals surface area contributed by atoms with Crippen LogP contribution >= 0.6 is 0 Å². The Morgan fingerprint density at radius 2 is 1.89 bits per heavy atom. The second kappa shape index (κ2) is 6.91. The first kappa shape index (κ1) is 16.0. The van der Waals surface area contributed by atoms with Crippen molar-refractivity contribution in [2.24, 2.45) is 5.92 Å². The van der Waals surface area contributed by atoms with Crippen LogP contribution in [0.4, 0.5) is 5.69 Å². The van der Waals surface area contributed by atoms with E-state index in [2.05, 4.69) is 18.6 Å². The van der Waals surface area contributed by atoms with Gasteiger partial charge in [0.25, 0.3) is 0 Å². The minimum absolute atomic E-state index is 0.0510. The lowest BCUT2D eigenvalue weighted by atomic mass is 10.0. The molecule has 1 rings (SSSR count). The summed E-state index contributed by atoms with van der Waals surface area (Å²) in [7, 11) is -3.34. The molecule has 5 heteroatoms. The molecule has 19 heavy (non-hydrogen) atoms. The molecule has 0 spiro atoms. The molecule has 0 amide bonds. The third kappa shape index (κ3) is 5.61. The van der Waals surface area contributed by atoms with Gasteiger partial charge in [-0.1, -0.05) is 38.5 Å². The van der Waals surface area contributed by atoms with Crippen LogP contribution in [-0.2, 0) is 15.8 Å². The normalized spacial score (nSPS) is 15.1. The molecule has 2 atom stereocenters. The van der Waals surface area contributed by atoms with Gasteiger partial charge in [0.2, 0.25) is 10.0 Å². The summed E-state index contributed by atoms with van der Waals surface area (Å²) in [5, 5.41) is 0. The Kier molecular flexibility index (Phi) is 5.82. The van der Waals surface area contributed by atoms with Crippen LogP contribution in [0.5, 0.6) is 0 Å². The Balaban J connectivity index is 2.64. The number of benzene rings is 1. The van der Waals surface area contributed by atoms with Gasteiger partial charge in [0.15, 0.2) is 0 Å². The molecule has 2 unspecified atom stereocenters. The van der Waals surface area contributed by atoms with Crippen molar-refractivity contribution in [2.45, 2.75) is 45.4 Å². The van der Waals surface area contributed by atoms with E-state index < -0.39 is 10.0 Å². The van der Waals surface area contributed by atoms with Crippen LogP contribution in [0.15, 0.2) is 24.3 Å². The Hall–Kier alpha value is -1.07. The highest BCUT2D eigenvalue weighted by Gasteiger charge is 2.17. The maximum absolute atomic E-state index is 12.1. The summed E-state index contributed by atoms with van der Waals surface area (Å²) in [5.41, 5.74) is 6.93. The van der Waals surface area contributed by atoms with Crippen LogP contribution in [0.3, 0.4) is 0 Å². The SMILES string of the molecule is CCC(C)CC(C)NS(=O)(=O)Cc1ccccc1N. The Morgan fingerprint density at radius 3 is 2.47 bits per heavy atom. The molecule has 0 bridgehead atoms. The maximum Gasteiger partial charge on any atom is 0.216 e. The van der Waals surface area contributed by atoms with Gasteiger partial charge in [0, 0.05) is 11.7 Å². The van der Waals surface area contributed by atoms with Crippen LogP contribution in [-0.4, -0.2) is 14.5 Å². The van der Waals surface area contributed by atoms with Crippen molar-refractivity contribution in [1.82, 2.24) is 4.72 Å². The van der Waals surface area contributed by atoms with Gasteiger partial charge in [0.05, 0.1) is 5.75 Å². The smallest absolute Gasteiger partial charge is 0.216 e. The zero-order chi connectivity index (χ0) is 14.5. The first-order chi connectivity index (χ1) is 8.84. The van der Waals surface area contributed by atoms with Crippen LogP contribution in [0.2, 0.25) is 0 Å². The molecular weight excluding hydrogens is 260 g/mol. The summed E-state index contributed by atoms with van der Waals surface area (Å²) in [6, 6.07) is 7.00. The van der Waals surface area contributed by atoms with E-state index in [0.717, 1.165) is 12.8 Å². The summed E-state index contributed by atoms with van der Waals surface area (Å²) in [4.78, 5) is 0. The summed E-state index contributed by atoms with van der Waals surface area (Å²) in [5.74, 6) is 0.448. The fraction of sp³-hybridized carbons (Fsp3) is 0.571. The van der Waals surface area contributed by atoms with Crippen molar-refractivity contribution in [3.05, 3.63) is 29.8 Å². The van der Waals surface area contributed by atoms with E-state index in [9.17, 15) is 8.42 Å². The number of sulfonamides is 1. The third-order valence-electron chi connectivity index (χ3n) is 3.23. The molecule has 1 aromatic carbocycles. The third-order valence-corrected chi connectivity index (χ3v) is 4.69. The van der Waals surface area contributed by atoms with E-state index in [1.165, 1.54) is 0 Å². The van der Waals surface area contributed by atoms with Gasteiger partial charge in [-0.25, -0.2) is 13.1 Å². The van der Waals surface area contributed by atoms with Crippen molar-refractivity contribution in [2.75, 3.05) is 5.73 Å². The average Bonchev–Trinajstić information content (AvgIpc) is 2.30. The first-order valence-electron chi connectivity index (χ1n) is 6.67. The van der Waals surface area contributed by atoms with Crippen LogP contribution < -0.4 is 10.5 Å². The lowest BCUT2D eigenvalue weighted by Gasteiger charge is -2.18. The van der Waals surface area contributed by atoms with E-state index in [-0.39, 0.29) is 11.8 Å². The Labute approximate surface area is 116 Å². The van der Waals surface area contributed by atoms with E-state index in [1.807, 2.05) is 6.92 Å². The minimum atomic E-state index is -3.34. The lowest BCUT2D eigenvalue weighted by Crippen LogP contribution is -2.34. The standard InChI is InChI=1S/C14H24N2O2S/c1-4-11(2)9-12(3)16-19(17,18)10-13-7-5-6-8-14(13)15/h5-8,11-12,16H,4,9-10,15H2,1-3H3. The average molecular weight is 284 g/mol. The van der Waals surface area contributed by atoms with Gasteiger partial charge in [-0.2, -0.15) is 0 Å². The predicted molar refractivity (Wildman–Crippen MR) is 80.1 cm³/mol. The second-order valence-corrected chi connectivity index (χ2v) is 6.98.